The summed E-state index contributed by atoms with van der Waals surface area (Å²) in [5, 5.41) is 22.1. The van der Waals surface area contributed by atoms with Crippen molar-refractivity contribution in [1.82, 2.24) is 4.90 Å². The Morgan fingerprint density at radius 3 is 2.32 bits per heavy atom. The van der Waals surface area contributed by atoms with Crippen LogP contribution < -0.4 is 9.47 Å². The Kier molecular flexibility index (Phi) is 8.08. The van der Waals surface area contributed by atoms with Gasteiger partial charge in [0.25, 0.3) is 16.8 Å². The average molecular weight is 600 g/mol. The summed E-state index contributed by atoms with van der Waals surface area (Å²) in [6, 6.07) is 15.0. The zero-order valence-electron chi connectivity index (χ0n) is 19.7. The first-order valence-electron chi connectivity index (χ1n) is 11.0. The lowest BCUT2D eigenvalue weighted by molar-refractivity contribution is -0.394. The van der Waals surface area contributed by atoms with Crippen molar-refractivity contribution in [2.75, 3.05) is 6.61 Å². The highest BCUT2D eigenvalue weighted by atomic mass is 79.9. The summed E-state index contributed by atoms with van der Waals surface area (Å²) in [5.74, 6) is -0.279. The third-order valence-electron chi connectivity index (χ3n) is 5.26. The largest absolute Gasteiger partial charge is 0.490 e. The van der Waals surface area contributed by atoms with Crippen molar-refractivity contribution in [2.24, 2.45) is 0 Å². The van der Waals surface area contributed by atoms with E-state index in [1.54, 1.807) is 25.1 Å². The van der Waals surface area contributed by atoms with Crippen molar-refractivity contribution in [3.63, 3.8) is 0 Å². The molecule has 0 aliphatic carbocycles. The van der Waals surface area contributed by atoms with Crippen molar-refractivity contribution < 1.29 is 28.9 Å². The molecule has 11 nitrogen and oxygen atoms in total. The number of nitro benzene ring substituents is 2. The third kappa shape index (κ3) is 6.01. The molecule has 0 bridgehead atoms. The second-order valence-corrected chi connectivity index (χ2v) is 9.71. The van der Waals surface area contributed by atoms with Gasteiger partial charge in [0, 0.05) is 10.5 Å². The van der Waals surface area contributed by atoms with E-state index in [0.717, 1.165) is 44.9 Å². The molecule has 1 fully saturated rings. The molecule has 0 unspecified atom stereocenters. The van der Waals surface area contributed by atoms with Crippen molar-refractivity contribution in [3.8, 4) is 17.2 Å². The van der Waals surface area contributed by atoms with Crippen molar-refractivity contribution >= 4 is 56.3 Å². The Hall–Kier alpha value is -4.23. The molecule has 3 aromatic rings. The summed E-state index contributed by atoms with van der Waals surface area (Å²) in [7, 11) is 0. The van der Waals surface area contributed by atoms with Gasteiger partial charge in [0.15, 0.2) is 11.5 Å². The maximum Gasteiger partial charge on any atom is 0.318 e. The second-order valence-electron chi connectivity index (χ2n) is 7.80. The summed E-state index contributed by atoms with van der Waals surface area (Å²) in [5.41, 5.74) is 0.314. The van der Waals surface area contributed by atoms with Gasteiger partial charge in [-0.05, 0) is 66.2 Å². The zero-order chi connectivity index (χ0) is 27.4. The predicted octanol–water partition coefficient (Wildman–Crippen LogP) is 6.69. The number of hydrogen-bond donors (Lipinski definition) is 0. The topological polar surface area (TPSA) is 142 Å². The van der Waals surface area contributed by atoms with E-state index >= 15 is 0 Å². The molecule has 3 aromatic carbocycles. The van der Waals surface area contributed by atoms with Crippen LogP contribution in [0.4, 0.5) is 16.2 Å². The first kappa shape index (κ1) is 26.8. The maximum absolute atomic E-state index is 12.9. The van der Waals surface area contributed by atoms with E-state index in [0.29, 0.717) is 5.56 Å². The molecule has 0 radical (unpaired) electrons. The zero-order valence-corrected chi connectivity index (χ0v) is 22.1. The number of non-ortho nitro benzene ring substituents is 1. The van der Waals surface area contributed by atoms with E-state index < -0.39 is 27.1 Å². The number of amides is 2. The van der Waals surface area contributed by atoms with Crippen LogP contribution in [0, 0.1) is 20.2 Å². The summed E-state index contributed by atoms with van der Waals surface area (Å²) >= 11 is 4.17. The second kappa shape index (κ2) is 11.4. The monoisotopic (exact) mass is 599 g/mol. The lowest BCUT2D eigenvalue weighted by Gasteiger charge is -2.13. The number of nitro groups is 2. The Morgan fingerprint density at radius 1 is 0.947 bits per heavy atom. The van der Waals surface area contributed by atoms with Gasteiger partial charge in [0.2, 0.25) is 5.75 Å². The van der Waals surface area contributed by atoms with Crippen LogP contribution in [0.1, 0.15) is 18.1 Å². The van der Waals surface area contributed by atoms with Gasteiger partial charge in [0.1, 0.15) is 0 Å². The van der Waals surface area contributed by atoms with Crippen molar-refractivity contribution in [3.05, 3.63) is 101 Å². The summed E-state index contributed by atoms with van der Waals surface area (Å²) in [4.78, 5) is 47.8. The number of carbonyl (C=O) groups excluding carboxylic acids is 2. The molecule has 38 heavy (non-hydrogen) atoms. The number of rotatable bonds is 9. The summed E-state index contributed by atoms with van der Waals surface area (Å²) < 4.78 is 12.2. The molecule has 1 saturated heterocycles. The highest BCUT2D eigenvalue weighted by molar-refractivity contribution is 9.10. The fraction of sp³-hybridized carbons (Fsp3) is 0.120. The summed E-state index contributed by atoms with van der Waals surface area (Å²) in [6.45, 7) is 2.12. The predicted molar refractivity (Wildman–Crippen MR) is 143 cm³/mol. The minimum atomic E-state index is -0.776. The number of nitrogens with zero attached hydrogens (tertiary/aromatic N) is 3. The van der Waals surface area contributed by atoms with E-state index in [9.17, 15) is 29.8 Å². The molecule has 0 spiro atoms. The van der Waals surface area contributed by atoms with Gasteiger partial charge in [-0.1, -0.05) is 34.1 Å². The molecular formula is C25H18BrN3O8S. The lowest BCUT2D eigenvalue weighted by atomic mass is 10.1. The number of imide groups is 1. The Labute approximate surface area is 228 Å². The van der Waals surface area contributed by atoms with Crippen LogP contribution in [-0.2, 0) is 11.3 Å². The van der Waals surface area contributed by atoms with Gasteiger partial charge in [-0.25, -0.2) is 0 Å². The SMILES string of the molecule is CCOc1cc(/C=C2/SC(=O)N(Cc3ccc(Br)cc3)C2=O)ccc1Oc1ccc([N+](=O)[O-])cc1[N+](=O)[O-]. The van der Waals surface area contributed by atoms with Gasteiger partial charge in [-0.3, -0.25) is 34.7 Å². The minimum Gasteiger partial charge on any atom is -0.490 e. The fourth-order valence-corrected chi connectivity index (χ4v) is 4.60. The Morgan fingerprint density at radius 2 is 1.66 bits per heavy atom. The smallest absolute Gasteiger partial charge is 0.318 e. The number of benzene rings is 3. The molecule has 1 aliphatic rings. The minimum absolute atomic E-state index is 0.129. The van der Waals surface area contributed by atoms with Crippen molar-refractivity contribution in [2.45, 2.75) is 13.5 Å². The molecule has 194 valence electrons. The molecular weight excluding hydrogens is 582 g/mol. The molecule has 0 atom stereocenters. The van der Waals surface area contributed by atoms with E-state index in [1.165, 1.54) is 6.07 Å². The van der Waals surface area contributed by atoms with Gasteiger partial charge in [0.05, 0.1) is 34.0 Å². The lowest BCUT2D eigenvalue weighted by Crippen LogP contribution is -2.27. The first-order chi connectivity index (χ1) is 18.2. The van der Waals surface area contributed by atoms with E-state index in [4.69, 9.17) is 9.47 Å². The number of thioether (sulfide) groups is 1. The van der Waals surface area contributed by atoms with Crippen LogP contribution in [0.15, 0.2) is 70.0 Å². The number of ether oxygens (including phenoxy) is 2. The molecule has 0 saturated carbocycles. The van der Waals surface area contributed by atoms with Crippen LogP contribution in [0.3, 0.4) is 0 Å². The number of carbonyl (C=O) groups is 2. The molecule has 2 amide bonds. The normalized spacial score (nSPS) is 14.2. The van der Waals surface area contributed by atoms with Crippen LogP contribution in [0.5, 0.6) is 17.2 Å². The van der Waals surface area contributed by atoms with Crippen molar-refractivity contribution in [1.29, 1.82) is 0 Å². The highest BCUT2D eigenvalue weighted by Crippen LogP contribution is 2.40. The van der Waals surface area contributed by atoms with Gasteiger partial charge in [-0.15, -0.1) is 0 Å². The van der Waals surface area contributed by atoms with E-state index in [-0.39, 0.29) is 40.5 Å². The molecule has 0 N–H and O–H groups in total. The third-order valence-corrected chi connectivity index (χ3v) is 6.70. The molecule has 0 aromatic heterocycles. The molecule has 1 heterocycles. The van der Waals surface area contributed by atoms with Gasteiger partial charge < -0.3 is 9.47 Å². The maximum atomic E-state index is 12.9. The Balaban J connectivity index is 1.59. The first-order valence-corrected chi connectivity index (χ1v) is 12.6. The van der Waals surface area contributed by atoms with Crippen LogP contribution in [-0.4, -0.2) is 32.5 Å². The molecule has 4 rings (SSSR count). The fourth-order valence-electron chi connectivity index (χ4n) is 3.49. The van der Waals surface area contributed by atoms with Crippen LogP contribution in [0.2, 0.25) is 0 Å². The standard InChI is InChI=1S/C25H18BrN3O8S/c1-2-36-22-11-16(5-9-21(22)37-20-10-8-18(28(32)33)13-19(20)29(34)35)12-23-24(30)27(25(31)38-23)14-15-3-6-17(26)7-4-15/h3-13H,2,14H2,1H3/b23-12+. The van der Waals surface area contributed by atoms with Gasteiger partial charge in [-0.2, -0.15) is 0 Å². The van der Waals surface area contributed by atoms with E-state index in [1.807, 2.05) is 24.3 Å². The number of halogens is 1. The summed E-state index contributed by atoms with van der Waals surface area (Å²) in [6.07, 6.45) is 1.55. The van der Waals surface area contributed by atoms with Crippen LogP contribution >= 0.6 is 27.7 Å². The molecule has 13 heteroatoms. The molecule has 1 aliphatic heterocycles. The van der Waals surface area contributed by atoms with Gasteiger partial charge >= 0.3 is 5.69 Å². The van der Waals surface area contributed by atoms with E-state index in [2.05, 4.69) is 15.9 Å². The number of hydrogen-bond acceptors (Lipinski definition) is 9. The average Bonchev–Trinajstić information content (AvgIpc) is 3.14. The Bertz CT molecular complexity index is 1480. The highest BCUT2D eigenvalue weighted by Gasteiger charge is 2.35. The van der Waals surface area contributed by atoms with Crippen LogP contribution in [0.25, 0.3) is 6.08 Å². The quantitative estimate of drug-likeness (QED) is 0.149.